The molecule has 0 saturated heterocycles. The quantitative estimate of drug-likeness (QED) is 0.606. The van der Waals surface area contributed by atoms with Crippen LogP contribution in [0.4, 0.5) is 5.69 Å². The molecule has 0 saturated carbocycles. The number of hydrogen-bond donors (Lipinski definition) is 0. The van der Waals surface area contributed by atoms with Crippen LogP contribution in [-0.4, -0.2) is 43.7 Å². The van der Waals surface area contributed by atoms with Crippen molar-refractivity contribution in [1.29, 1.82) is 0 Å². The first-order valence-corrected chi connectivity index (χ1v) is 11.3. The molecule has 0 bridgehead atoms. The van der Waals surface area contributed by atoms with Gasteiger partial charge in [0.1, 0.15) is 25.6 Å². The van der Waals surface area contributed by atoms with Gasteiger partial charge in [0.15, 0.2) is 11.5 Å². The second kappa shape index (κ2) is 8.99. The molecule has 2 aromatic carbocycles. The zero-order valence-corrected chi connectivity index (χ0v) is 18.0. The number of hydrogen-bond acceptors (Lipinski definition) is 6. The predicted octanol–water partition coefficient (Wildman–Crippen LogP) is 3.95. The third-order valence-electron chi connectivity index (χ3n) is 5.42. The fraction of sp³-hybridized carbons (Fsp3) is 0.292. The van der Waals surface area contributed by atoms with Crippen LogP contribution in [0.2, 0.25) is 0 Å². The lowest BCUT2D eigenvalue weighted by atomic mass is 10.2. The van der Waals surface area contributed by atoms with Gasteiger partial charge >= 0.3 is 0 Å². The van der Waals surface area contributed by atoms with E-state index in [0.717, 1.165) is 27.6 Å². The maximum Gasteiger partial charge on any atom is 0.241 e. The zero-order chi connectivity index (χ0) is 21.0. The van der Waals surface area contributed by atoms with Crippen molar-refractivity contribution in [2.24, 2.45) is 0 Å². The number of ether oxygens (including phenoxy) is 3. The minimum Gasteiger partial charge on any atom is -0.492 e. The first-order chi connectivity index (χ1) is 15.3. The summed E-state index contributed by atoms with van der Waals surface area (Å²) in [6.45, 7) is 3.86. The van der Waals surface area contributed by atoms with Crippen LogP contribution in [0.15, 0.2) is 60.0 Å². The first kappa shape index (κ1) is 19.9. The van der Waals surface area contributed by atoms with Gasteiger partial charge in [0.05, 0.1) is 13.1 Å². The Labute approximate surface area is 185 Å². The lowest BCUT2D eigenvalue weighted by molar-refractivity contribution is -0.120. The van der Waals surface area contributed by atoms with Gasteiger partial charge < -0.3 is 19.1 Å². The van der Waals surface area contributed by atoms with Crippen molar-refractivity contribution >= 4 is 22.9 Å². The van der Waals surface area contributed by atoms with Crippen LogP contribution >= 0.6 is 11.3 Å². The lowest BCUT2D eigenvalue weighted by Crippen LogP contribution is -2.40. The third-order valence-corrected chi connectivity index (χ3v) is 6.28. The molecule has 0 radical (unpaired) electrons. The summed E-state index contributed by atoms with van der Waals surface area (Å²) in [4.78, 5) is 18.6. The van der Waals surface area contributed by atoms with E-state index in [9.17, 15) is 4.79 Å². The zero-order valence-electron chi connectivity index (χ0n) is 17.2. The fourth-order valence-electron chi connectivity index (χ4n) is 3.87. The topological polar surface area (TPSA) is 51.2 Å². The minimum absolute atomic E-state index is 0.0458. The van der Waals surface area contributed by atoms with Gasteiger partial charge in [0.25, 0.3) is 0 Å². The van der Waals surface area contributed by atoms with Gasteiger partial charge in [-0.3, -0.25) is 9.69 Å². The molecule has 0 spiro atoms. The Balaban J connectivity index is 1.38. The van der Waals surface area contributed by atoms with Crippen LogP contribution in [0.5, 0.6) is 17.2 Å². The molecule has 160 valence electrons. The molecular weight excluding hydrogens is 412 g/mol. The van der Waals surface area contributed by atoms with Crippen molar-refractivity contribution in [2.45, 2.75) is 13.1 Å². The van der Waals surface area contributed by atoms with Crippen molar-refractivity contribution in [2.75, 3.05) is 37.8 Å². The Hall–Kier alpha value is -3.03. The highest BCUT2D eigenvalue weighted by Crippen LogP contribution is 2.35. The monoisotopic (exact) mass is 436 g/mol. The average Bonchev–Trinajstić information content (AvgIpc) is 3.23. The van der Waals surface area contributed by atoms with E-state index in [0.29, 0.717) is 51.7 Å². The summed E-state index contributed by atoms with van der Waals surface area (Å²) < 4.78 is 17.2. The van der Waals surface area contributed by atoms with E-state index < -0.39 is 0 Å². The smallest absolute Gasteiger partial charge is 0.241 e. The van der Waals surface area contributed by atoms with Gasteiger partial charge in [-0.2, -0.15) is 0 Å². The highest BCUT2D eigenvalue weighted by molar-refractivity contribution is 7.09. The number of thiophene rings is 1. The van der Waals surface area contributed by atoms with Crippen LogP contribution in [0, 0.1) is 0 Å². The molecule has 3 aromatic rings. The van der Waals surface area contributed by atoms with E-state index in [4.69, 9.17) is 14.2 Å². The van der Waals surface area contributed by atoms with E-state index in [1.165, 1.54) is 0 Å². The van der Waals surface area contributed by atoms with Gasteiger partial charge in [-0.05, 0) is 29.6 Å². The van der Waals surface area contributed by atoms with E-state index in [-0.39, 0.29) is 5.91 Å². The maximum atomic E-state index is 13.5. The Bertz CT molecular complexity index is 1050. The van der Waals surface area contributed by atoms with Crippen molar-refractivity contribution in [3.05, 3.63) is 70.4 Å². The van der Waals surface area contributed by atoms with E-state index in [1.807, 2.05) is 52.7 Å². The maximum absolute atomic E-state index is 13.5. The summed E-state index contributed by atoms with van der Waals surface area (Å²) in [5.41, 5.74) is 1.92. The molecule has 1 aromatic heterocycles. The number of fused-ring (bicyclic) bond motifs is 2. The normalized spacial score (nSPS) is 15.5. The van der Waals surface area contributed by atoms with Crippen LogP contribution in [0.1, 0.15) is 10.4 Å². The average molecular weight is 437 g/mol. The van der Waals surface area contributed by atoms with Gasteiger partial charge in [-0.1, -0.05) is 24.3 Å². The van der Waals surface area contributed by atoms with Gasteiger partial charge in [-0.15, -0.1) is 11.3 Å². The third kappa shape index (κ3) is 4.52. The van der Waals surface area contributed by atoms with Gasteiger partial charge in [0.2, 0.25) is 5.91 Å². The van der Waals surface area contributed by atoms with Crippen LogP contribution in [0.3, 0.4) is 0 Å². The lowest BCUT2D eigenvalue weighted by Gasteiger charge is -2.27. The molecule has 0 N–H and O–H groups in total. The summed E-state index contributed by atoms with van der Waals surface area (Å²) in [6.07, 6.45) is 0. The van der Waals surface area contributed by atoms with E-state index in [2.05, 4.69) is 17.0 Å². The number of para-hydroxylation sites is 1. The Morgan fingerprint density at radius 3 is 2.65 bits per heavy atom. The van der Waals surface area contributed by atoms with Crippen molar-refractivity contribution < 1.29 is 19.0 Å². The Kier molecular flexibility index (Phi) is 5.78. The summed E-state index contributed by atoms with van der Waals surface area (Å²) in [5, 5.41) is 2.03. The van der Waals surface area contributed by atoms with Crippen molar-refractivity contribution in [3.63, 3.8) is 0 Å². The molecule has 0 unspecified atom stereocenters. The summed E-state index contributed by atoms with van der Waals surface area (Å²) in [6, 6.07) is 17.8. The Morgan fingerprint density at radius 2 is 1.77 bits per heavy atom. The number of benzene rings is 2. The molecule has 2 aliphatic rings. The van der Waals surface area contributed by atoms with E-state index in [1.54, 1.807) is 11.3 Å². The molecule has 31 heavy (non-hydrogen) atoms. The number of rotatable bonds is 5. The number of carbonyl (C=O) groups is 1. The molecule has 7 heteroatoms. The van der Waals surface area contributed by atoms with Crippen LogP contribution in [0.25, 0.3) is 0 Å². The highest BCUT2D eigenvalue weighted by atomic mass is 32.1. The molecular formula is C24H24N2O4S. The van der Waals surface area contributed by atoms with Crippen molar-refractivity contribution in [3.8, 4) is 17.2 Å². The summed E-state index contributed by atoms with van der Waals surface area (Å²) >= 11 is 1.65. The molecule has 6 nitrogen and oxygen atoms in total. The molecule has 3 heterocycles. The summed E-state index contributed by atoms with van der Waals surface area (Å²) in [5.74, 6) is 2.36. The van der Waals surface area contributed by atoms with Crippen molar-refractivity contribution in [1.82, 2.24) is 4.90 Å². The molecule has 0 atom stereocenters. The SMILES string of the molecule is O=C(CN1CCOc2ccccc2C1)N(Cc1cccs1)c1ccc2c(c1)OCCO2. The second-order valence-electron chi connectivity index (χ2n) is 7.55. The molecule has 5 rings (SSSR count). The predicted molar refractivity (Wildman–Crippen MR) is 120 cm³/mol. The number of amides is 1. The first-order valence-electron chi connectivity index (χ1n) is 10.4. The largest absolute Gasteiger partial charge is 0.492 e. The number of carbonyl (C=O) groups excluding carboxylic acids is 1. The fourth-order valence-corrected chi connectivity index (χ4v) is 4.57. The second-order valence-corrected chi connectivity index (χ2v) is 8.59. The molecule has 0 fully saturated rings. The number of nitrogens with zero attached hydrogens (tertiary/aromatic N) is 2. The standard InChI is InChI=1S/C24H24N2O4S/c27-24(17-25-9-10-28-21-6-2-1-4-18(21)15-25)26(16-20-5-3-13-31-20)19-7-8-22-23(14-19)30-12-11-29-22/h1-8,13-14H,9-12,15-17H2. The van der Waals surface area contributed by atoms with Gasteiger partial charge in [-0.25, -0.2) is 0 Å². The summed E-state index contributed by atoms with van der Waals surface area (Å²) in [7, 11) is 0. The number of anilines is 1. The van der Waals surface area contributed by atoms with Gasteiger partial charge in [0, 0.05) is 35.3 Å². The minimum atomic E-state index is 0.0458. The molecule has 2 aliphatic heterocycles. The van der Waals surface area contributed by atoms with Crippen LogP contribution < -0.4 is 19.1 Å². The molecule has 0 aliphatic carbocycles. The highest BCUT2D eigenvalue weighted by Gasteiger charge is 2.24. The Morgan fingerprint density at radius 1 is 0.935 bits per heavy atom. The van der Waals surface area contributed by atoms with E-state index >= 15 is 0 Å². The van der Waals surface area contributed by atoms with Crippen LogP contribution in [-0.2, 0) is 17.9 Å². The molecule has 1 amide bonds.